The molecule has 1 fully saturated rings. The number of hydrogen-bond acceptors (Lipinski definition) is 3. The predicted molar refractivity (Wildman–Crippen MR) is 75.4 cm³/mol. The summed E-state index contributed by atoms with van der Waals surface area (Å²) in [5.74, 6) is 2.70. The van der Waals surface area contributed by atoms with Crippen molar-refractivity contribution in [2.45, 2.75) is 38.6 Å². The summed E-state index contributed by atoms with van der Waals surface area (Å²) in [5.41, 5.74) is 0. The molecule has 0 spiro atoms. The first-order valence-corrected chi connectivity index (χ1v) is 7.75. The maximum absolute atomic E-state index is 11.7. The fraction of sp³-hybridized carbons (Fsp3) is 0.923. The fourth-order valence-corrected chi connectivity index (χ4v) is 2.99. The molecule has 0 heterocycles. The molecule has 0 aromatic carbocycles. The van der Waals surface area contributed by atoms with Crippen LogP contribution in [0.15, 0.2) is 0 Å². The molecule has 0 saturated heterocycles. The largest absolute Gasteiger partial charge is 0.353 e. The molecule has 1 saturated carbocycles. The Bertz CT molecular complexity index is 225. The lowest BCUT2D eigenvalue weighted by Gasteiger charge is -2.26. The zero-order valence-corrected chi connectivity index (χ0v) is 12.2. The van der Waals surface area contributed by atoms with Crippen LogP contribution in [0, 0.1) is 5.92 Å². The van der Waals surface area contributed by atoms with Gasteiger partial charge in [0.2, 0.25) is 5.91 Å². The number of rotatable bonds is 6. The maximum Gasteiger partial charge on any atom is 0.230 e. The van der Waals surface area contributed by atoms with Crippen molar-refractivity contribution in [1.82, 2.24) is 10.2 Å². The minimum absolute atomic E-state index is 0.216. The van der Waals surface area contributed by atoms with Crippen LogP contribution in [0.5, 0.6) is 0 Å². The van der Waals surface area contributed by atoms with Gasteiger partial charge in [-0.1, -0.05) is 6.92 Å². The van der Waals surface area contributed by atoms with Gasteiger partial charge in [0.25, 0.3) is 0 Å². The third-order valence-corrected chi connectivity index (χ3v) is 4.23. The summed E-state index contributed by atoms with van der Waals surface area (Å²) in [7, 11) is 4.12. The van der Waals surface area contributed by atoms with E-state index in [0.29, 0.717) is 11.8 Å². The smallest absolute Gasteiger partial charge is 0.230 e. The second-order valence-corrected chi connectivity index (χ2v) is 6.49. The minimum atomic E-state index is 0.216. The fourth-order valence-electron chi connectivity index (χ4n) is 2.09. The van der Waals surface area contributed by atoms with Crippen molar-refractivity contribution in [3.8, 4) is 0 Å². The number of nitrogens with one attached hydrogen (secondary N) is 1. The number of carbonyl (C=O) groups excluding carboxylic acids is 1. The summed E-state index contributed by atoms with van der Waals surface area (Å²) in [6, 6.07) is 0.438. The summed E-state index contributed by atoms with van der Waals surface area (Å²) in [6.07, 6.45) is 4.85. The summed E-state index contributed by atoms with van der Waals surface area (Å²) in [4.78, 5) is 13.8. The highest BCUT2D eigenvalue weighted by Crippen LogP contribution is 2.23. The minimum Gasteiger partial charge on any atom is -0.353 e. The Labute approximate surface area is 110 Å². The van der Waals surface area contributed by atoms with Gasteiger partial charge in [-0.3, -0.25) is 4.79 Å². The molecule has 1 aliphatic rings. The van der Waals surface area contributed by atoms with E-state index >= 15 is 0 Å². The van der Waals surface area contributed by atoms with E-state index in [1.54, 1.807) is 11.8 Å². The van der Waals surface area contributed by atoms with Gasteiger partial charge in [-0.15, -0.1) is 0 Å². The van der Waals surface area contributed by atoms with Crippen LogP contribution in [-0.4, -0.2) is 49.0 Å². The highest BCUT2D eigenvalue weighted by Gasteiger charge is 2.19. The van der Waals surface area contributed by atoms with Gasteiger partial charge in [0.15, 0.2) is 0 Å². The normalized spacial score (nSPS) is 24.9. The SMILES string of the molecule is CC1CCC(NC(=O)CSCCN(C)C)CC1. The number of carbonyl (C=O) groups is 1. The van der Waals surface area contributed by atoms with Crippen molar-refractivity contribution >= 4 is 17.7 Å². The number of hydrogen-bond donors (Lipinski definition) is 1. The lowest BCUT2D eigenvalue weighted by Crippen LogP contribution is -2.38. The standard InChI is InChI=1S/C13H26N2OS/c1-11-4-6-12(7-5-11)14-13(16)10-17-9-8-15(2)3/h11-12H,4-10H2,1-3H3,(H,14,16). The molecule has 0 bridgehead atoms. The number of nitrogens with zero attached hydrogens (tertiary/aromatic N) is 1. The van der Waals surface area contributed by atoms with E-state index in [2.05, 4.69) is 31.2 Å². The van der Waals surface area contributed by atoms with Crippen LogP contribution >= 0.6 is 11.8 Å². The van der Waals surface area contributed by atoms with Crippen molar-refractivity contribution in [3.63, 3.8) is 0 Å². The van der Waals surface area contributed by atoms with Crippen LogP contribution in [0.1, 0.15) is 32.6 Å². The van der Waals surface area contributed by atoms with Crippen LogP contribution in [0.4, 0.5) is 0 Å². The first kappa shape index (κ1) is 14.8. The van der Waals surface area contributed by atoms with Crippen LogP contribution in [0.3, 0.4) is 0 Å². The Morgan fingerprint density at radius 1 is 1.29 bits per heavy atom. The highest BCUT2D eigenvalue weighted by atomic mass is 32.2. The van der Waals surface area contributed by atoms with E-state index in [9.17, 15) is 4.79 Å². The predicted octanol–water partition coefficient (Wildman–Crippen LogP) is 1.98. The lowest BCUT2D eigenvalue weighted by atomic mass is 9.87. The molecule has 0 radical (unpaired) electrons. The molecular weight excluding hydrogens is 232 g/mol. The second kappa shape index (κ2) is 7.98. The van der Waals surface area contributed by atoms with E-state index in [4.69, 9.17) is 0 Å². The van der Waals surface area contributed by atoms with Crippen molar-refractivity contribution in [1.29, 1.82) is 0 Å². The number of thioether (sulfide) groups is 1. The van der Waals surface area contributed by atoms with Gasteiger partial charge in [0, 0.05) is 18.3 Å². The van der Waals surface area contributed by atoms with Gasteiger partial charge < -0.3 is 10.2 Å². The number of amides is 1. The van der Waals surface area contributed by atoms with Gasteiger partial charge >= 0.3 is 0 Å². The second-order valence-electron chi connectivity index (χ2n) is 5.38. The summed E-state index contributed by atoms with van der Waals surface area (Å²) in [6.45, 7) is 3.34. The molecule has 1 amide bonds. The lowest BCUT2D eigenvalue weighted by molar-refractivity contribution is -0.119. The van der Waals surface area contributed by atoms with Crippen LogP contribution < -0.4 is 5.32 Å². The molecule has 1 N–H and O–H groups in total. The van der Waals surface area contributed by atoms with Crippen molar-refractivity contribution in [2.24, 2.45) is 5.92 Å². The van der Waals surface area contributed by atoms with Crippen molar-refractivity contribution in [3.05, 3.63) is 0 Å². The zero-order chi connectivity index (χ0) is 12.7. The molecule has 0 aromatic heterocycles. The molecule has 0 aromatic rings. The van der Waals surface area contributed by atoms with E-state index in [1.807, 2.05) is 0 Å². The Balaban J connectivity index is 2.04. The van der Waals surface area contributed by atoms with Crippen molar-refractivity contribution < 1.29 is 4.79 Å². The van der Waals surface area contributed by atoms with E-state index in [0.717, 1.165) is 31.1 Å². The molecule has 1 rings (SSSR count). The monoisotopic (exact) mass is 258 g/mol. The Hall–Kier alpha value is -0.220. The average Bonchev–Trinajstić information content (AvgIpc) is 2.27. The summed E-state index contributed by atoms with van der Waals surface area (Å²) in [5, 5.41) is 3.15. The summed E-state index contributed by atoms with van der Waals surface area (Å²) < 4.78 is 0. The first-order valence-electron chi connectivity index (χ1n) is 6.59. The third-order valence-electron chi connectivity index (χ3n) is 3.30. The van der Waals surface area contributed by atoms with Gasteiger partial charge in [-0.25, -0.2) is 0 Å². The summed E-state index contributed by atoms with van der Waals surface area (Å²) >= 11 is 1.73. The maximum atomic E-state index is 11.7. The molecule has 100 valence electrons. The van der Waals surface area contributed by atoms with E-state index in [-0.39, 0.29) is 5.91 Å². The zero-order valence-electron chi connectivity index (χ0n) is 11.4. The van der Waals surface area contributed by atoms with Gasteiger partial charge in [-0.2, -0.15) is 11.8 Å². The van der Waals surface area contributed by atoms with E-state index in [1.165, 1.54) is 12.8 Å². The van der Waals surface area contributed by atoms with Crippen LogP contribution in [-0.2, 0) is 4.79 Å². The van der Waals surface area contributed by atoms with Crippen LogP contribution in [0.2, 0.25) is 0 Å². The Morgan fingerprint density at radius 3 is 2.53 bits per heavy atom. The molecule has 0 unspecified atom stereocenters. The topological polar surface area (TPSA) is 32.3 Å². The molecule has 4 heteroatoms. The Kier molecular flexibility index (Phi) is 6.97. The van der Waals surface area contributed by atoms with Gasteiger partial charge in [0.1, 0.15) is 0 Å². The molecule has 0 aliphatic heterocycles. The molecule has 17 heavy (non-hydrogen) atoms. The van der Waals surface area contributed by atoms with Crippen LogP contribution in [0.25, 0.3) is 0 Å². The first-order chi connectivity index (χ1) is 8.08. The quantitative estimate of drug-likeness (QED) is 0.739. The molecule has 0 atom stereocenters. The van der Waals surface area contributed by atoms with E-state index < -0.39 is 0 Å². The molecule has 1 aliphatic carbocycles. The van der Waals surface area contributed by atoms with Gasteiger partial charge in [-0.05, 0) is 45.7 Å². The third kappa shape index (κ3) is 6.94. The average molecular weight is 258 g/mol. The molecule has 3 nitrogen and oxygen atoms in total. The molecular formula is C13H26N2OS. The Morgan fingerprint density at radius 2 is 1.94 bits per heavy atom. The van der Waals surface area contributed by atoms with Crippen molar-refractivity contribution in [2.75, 3.05) is 32.1 Å². The van der Waals surface area contributed by atoms with Gasteiger partial charge in [0.05, 0.1) is 5.75 Å². The highest BCUT2D eigenvalue weighted by molar-refractivity contribution is 7.99.